The number of amides is 1. The minimum atomic E-state index is -0.0396. The molecule has 0 aliphatic heterocycles. The molecule has 1 aromatic carbocycles. The molecular weight excluding hydrogens is 303 g/mol. The van der Waals surface area contributed by atoms with E-state index >= 15 is 0 Å². The lowest BCUT2D eigenvalue weighted by molar-refractivity contribution is -0.118. The number of carbonyl (C=O) groups excluding carboxylic acids is 1. The molecule has 2 aromatic rings. The van der Waals surface area contributed by atoms with Gasteiger partial charge >= 0.3 is 0 Å². The van der Waals surface area contributed by atoms with E-state index < -0.39 is 0 Å². The molecule has 3 nitrogen and oxygen atoms in total. The summed E-state index contributed by atoms with van der Waals surface area (Å²) < 4.78 is 0. The molecule has 0 saturated carbocycles. The first kappa shape index (κ1) is 14.3. The van der Waals surface area contributed by atoms with Gasteiger partial charge in [0.15, 0.2) is 0 Å². The fourth-order valence-corrected chi connectivity index (χ4v) is 2.77. The lowest BCUT2D eigenvalue weighted by Gasteiger charge is -2.06. The molecule has 6 heteroatoms. The fourth-order valence-electron chi connectivity index (χ4n) is 1.45. The Bertz CT molecular complexity index is 558. The molecule has 2 rings (SSSR count). The number of aromatic amines is 1. The second-order valence-electron chi connectivity index (χ2n) is 3.86. The van der Waals surface area contributed by atoms with Gasteiger partial charge in [0.2, 0.25) is 5.91 Å². The second kappa shape index (κ2) is 6.89. The van der Waals surface area contributed by atoms with Gasteiger partial charge in [-0.1, -0.05) is 23.2 Å². The first-order valence-electron chi connectivity index (χ1n) is 5.61. The van der Waals surface area contributed by atoms with E-state index in [-0.39, 0.29) is 5.91 Å². The van der Waals surface area contributed by atoms with Crippen LogP contribution < -0.4 is 5.32 Å². The maximum atomic E-state index is 11.7. The predicted molar refractivity (Wildman–Crippen MR) is 79.8 cm³/mol. The van der Waals surface area contributed by atoms with Gasteiger partial charge in [0.25, 0.3) is 0 Å². The molecule has 0 fully saturated rings. The molecule has 0 unspecified atom stereocenters. The van der Waals surface area contributed by atoms with Crippen molar-refractivity contribution in [2.45, 2.75) is 11.4 Å². The van der Waals surface area contributed by atoms with Crippen molar-refractivity contribution in [2.75, 3.05) is 5.75 Å². The molecule has 0 radical (unpaired) electrons. The van der Waals surface area contributed by atoms with Gasteiger partial charge in [-0.05, 0) is 29.8 Å². The number of halogens is 2. The van der Waals surface area contributed by atoms with Crippen LogP contribution in [0.25, 0.3) is 0 Å². The molecule has 1 amide bonds. The number of H-pyrrole nitrogens is 1. The molecule has 0 aliphatic rings. The van der Waals surface area contributed by atoms with Gasteiger partial charge in [0.05, 0.1) is 10.8 Å². The normalized spacial score (nSPS) is 10.4. The fraction of sp³-hybridized carbons (Fsp3) is 0.154. The first-order valence-corrected chi connectivity index (χ1v) is 7.35. The number of carbonyl (C=O) groups is 1. The summed E-state index contributed by atoms with van der Waals surface area (Å²) in [5.41, 5.74) is 1.04. The Labute approximate surface area is 125 Å². The average molecular weight is 315 g/mol. The van der Waals surface area contributed by atoms with Crippen molar-refractivity contribution < 1.29 is 4.79 Å². The highest BCUT2D eigenvalue weighted by Gasteiger charge is 2.06. The topological polar surface area (TPSA) is 44.9 Å². The van der Waals surface area contributed by atoms with Crippen molar-refractivity contribution in [1.82, 2.24) is 10.3 Å². The standard InChI is InChI=1S/C13H12Cl2N2OS/c14-10-1-2-11(15)12(5-10)19-8-13(18)17-7-9-3-4-16-6-9/h1-6,16H,7-8H2,(H,17,18). The molecule has 1 aromatic heterocycles. The van der Waals surface area contributed by atoms with Gasteiger partial charge in [-0.25, -0.2) is 0 Å². The summed E-state index contributed by atoms with van der Waals surface area (Å²) in [6.07, 6.45) is 3.67. The van der Waals surface area contributed by atoms with Crippen LogP contribution in [0.4, 0.5) is 0 Å². The number of benzene rings is 1. The zero-order chi connectivity index (χ0) is 13.7. The lowest BCUT2D eigenvalue weighted by Crippen LogP contribution is -2.24. The Morgan fingerprint density at radius 1 is 1.32 bits per heavy atom. The Morgan fingerprint density at radius 3 is 2.89 bits per heavy atom. The van der Waals surface area contributed by atoms with Crippen LogP contribution in [0.15, 0.2) is 41.6 Å². The highest BCUT2D eigenvalue weighted by Crippen LogP contribution is 2.29. The van der Waals surface area contributed by atoms with Crippen LogP contribution in [0, 0.1) is 0 Å². The molecule has 100 valence electrons. The van der Waals surface area contributed by atoms with E-state index in [1.165, 1.54) is 11.8 Å². The summed E-state index contributed by atoms with van der Waals surface area (Å²) in [6.45, 7) is 0.520. The third-order valence-electron chi connectivity index (χ3n) is 2.40. The number of thioether (sulfide) groups is 1. The van der Waals surface area contributed by atoms with E-state index in [2.05, 4.69) is 10.3 Å². The molecule has 0 bridgehead atoms. The SMILES string of the molecule is O=C(CSc1cc(Cl)ccc1Cl)NCc1cc[nH]c1. The van der Waals surface area contributed by atoms with Crippen LogP contribution in [-0.4, -0.2) is 16.6 Å². The van der Waals surface area contributed by atoms with Crippen LogP contribution in [0.5, 0.6) is 0 Å². The van der Waals surface area contributed by atoms with Gasteiger partial charge in [-0.2, -0.15) is 0 Å². The second-order valence-corrected chi connectivity index (χ2v) is 5.72. The van der Waals surface area contributed by atoms with Gasteiger partial charge in [-0.15, -0.1) is 11.8 Å². The van der Waals surface area contributed by atoms with Crippen LogP contribution in [0.3, 0.4) is 0 Å². The van der Waals surface area contributed by atoms with Gasteiger partial charge in [0.1, 0.15) is 0 Å². The maximum Gasteiger partial charge on any atom is 0.230 e. The van der Waals surface area contributed by atoms with Crippen LogP contribution in [0.2, 0.25) is 10.0 Å². The van der Waals surface area contributed by atoms with E-state index in [4.69, 9.17) is 23.2 Å². The Kier molecular flexibility index (Phi) is 5.19. The molecule has 2 N–H and O–H groups in total. The molecule has 0 spiro atoms. The van der Waals surface area contributed by atoms with E-state index in [9.17, 15) is 4.79 Å². The summed E-state index contributed by atoms with van der Waals surface area (Å²) in [5, 5.41) is 4.05. The zero-order valence-corrected chi connectivity index (χ0v) is 12.3. The zero-order valence-electron chi connectivity index (χ0n) is 9.95. The molecule has 0 aliphatic carbocycles. The largest absolute Gasteiger partial charge is 0.367 e. The summed E-state index contributed by atoms with van der Waals surface area (Å²) in [6, 6.07) is 7.12. The van der Waals surface area contributed by atoms with Gasteiger partial charge < -0.3 is 10.3 Å². The number of rotatable bonds is 5. The highest BCUT2D eigenvalue weighted by atomic mass is 35.5. The van der Waals surface area contributed by atoms with E-state index in [1.54, 1.807) is 18.2 Å². The third kappa shape index (κ3) is 4.49. The Hall–Kier alpha value is -1.10. The van der Waals surface area contributed by atoms with Crippen molar-refractivity contribution in [3.63, 3.8) is 0 Å². The molecule has 0 saturated heterocycles. The number of nitrogens with one attached hydrogen (secondary N) is 2. The summed E-state index contributed by atoms with van der Waals surface area (Å²) >= 11 is 13.3. The summed E-state index contributed by atoms with van der Waals surface area (Å²) in [5.74, 6) is 0.270. The third-order valence-corrected chi connectivity index (χ3v) is 4.14. The number of hydrogen-bond donors (Lipinski definition) is 2. The van der Waals surface area contributed by atoms with Gasteiger partial charge in [-0.3, -0.25) is 4.79 Å². The van der Waals surface area contributed by atoms with Crippen molar-refractivity contribution in [1.29, 1.82) is 0 Å². The molecule has 19 heavy (non-hydrogen) atoms. The number of hydrogen-bond acceptors (Lipinski definition) is 2. The van der Waals surface area contributed by atoms with Crippen LogP contribution in [0.1, 0.15) is 5.56 Å². The highest BCUT2D eigenvalue weighted by molar-refractivity contribution is 8.00. The molecule has 1 heterocycles. The van der Waals surface area contributed by atoms with Crippen molar-refractivity contribution in [3.8, 4) is 0 Å². The quantitative estimate of drug-likeness (QED) is 0.826. The van der Waals surface area contributed by atoms with Crippen molar-refractivity contribution in [3.05, 3.63) is 52.3 Å². The smallest absolute Gasteiger partial charge is 0.230 e. The first-order chi connectivity index (χ1) is 9.15. The van der Waals surface area contributed by atoms with Gasteiger partial charge in [0, 0.05) is 28.9 Å². The Morgan fingerprint density at radius 2 is 2.16 bits per heavy atom. The summed E-state index contributed by atoms with van der Waals surface area (Å²) in [7, 11) is 0. The van der Waals surface area contributed by atoms with E-state index in [0.717, 1.165) is 10.5 Å². The summed E-state index contributed by atoms with van der Waals surface area (Å²) in [4.78, 5) is 15.4. The minimum absolute atomic E-state index is 0.0396. The van der Waals surface area contributed by atoms with Crippen molar-refractivity contribution in [2.24, 2.45) is 0 Å². The van der Waals surface area contributed by atoms with Crippen LogP contribution in [-0.2, 0) is 11.3 Å². The van der Waals surface area contributed by atoms with E-state index in [0.29, 0.717) is 22.3 Å². The van der Waals surface area contributed by atoms with E-state index in [1.807, 2.05) is 18.5 Å². The van der Waals surface area contributed by atoms with Crippen molar-refractivity contribution >= 4 is 40.9 Å². The number of aromatic nitrogens is 1. The minimum Gasteiger partial charge on any atom is -0.367 e. The van der Waals surface area contributed by atoms with Crippen LogP contribution >= 0.6 is 35.0 Å². The maximum absolute atomic E-state index is 11.7. The predicted octanol–water partition coefficient (Wildman–Crippen LogP) is 3.73. The monoisotopic (exact) mass is 314 g/mol. The Balaban J connectivity index is 1.81. The molecule has 0 atom stereocenters. The average Bonchev–Trinajstić information content (AvgIpc) is 2.90. The molecular formula is C13H12Cl2N2OS. The lowest BCUT2D eigenvalue weighted by atomic mass is 10.3.